The minimum absolute atomic E-state index is 0.0121. The highest BCUT2D eigenvalue weighted by Gasteiger charge is 2.70. The molecular formula is C33H39ClO10S. The molecule has 0 saturated heterocycles. The molecule has 1 aromatic carbocycles. The van der Waals surface area contributed by atoms with Crippen LogP contribution in [0.25, 0.3) is 0 Å². The van der Waals surface area contributed by atoms with Crippen LogP contribution in [0.1, 0.15) is 72.1 Å². The van der Waals surface area contributed by atoms with Crippen molar-refractivity contribution in [3.8, 4) is 0 Å². The van der Waals surface area contributed by atoms with Crippen LogP contribution in [0.2, 0.25) is 5.02 Å². The van der Waals surface area contributed by atoms with Gasteiger partial charge in [-0.15, -0.1) is 0 Å². The smallest absolute Gasteiger partial charge is 0.419 e. The summed E-state index contributed by atoms with van der Waals surface area (Å²) >= 11 is 5.88. The number of ketones is 2. The van der Waals surface area contributed by atoms with Gasteiger partial charge >= 0.3 is 12.1 Å². The van der Waals surface area contributed by atoms with Crippen molar-refractivity contribution in [1.29, 1.82) is 0 Å². The maximum absolute atomic E-state index is 14.2. The zero-order valence-electron chi connectivity index (χ0n) is 25.6. The second-order valence-electron chi connectivity index (χ2n) is 13.1. The number of unbranched alkanes of at least 4 members (excludes halogenated alkanes) is 1. The van der Waals surface area contributed by atoms with E-state index in [1.165, 1.54) is 30.3 Å². The van der Waals surface area contributed by atoms with Gasteiger partial charge in [0.05, 0.1) is 11.0 Å². The number of ether oxygens (including phenoxy) is 2. The monoisotopic (exact) mass is 662 g/mol. The van der Waals surface area contributed by atoms with Crippen molar-refractivity contribution in [1.82, 2.24) is 0 Å². The molecule has 4 aliphatic rings. The molecule has 5 rings (SSSR count). The first-order valence-electron chi connectivity index (χ1n) is 15.4. The van der Waals surface area contributed by atoms with Gasteiger partial charge < -0.3 is 14.6 Å². The summed E-state index contributed by atoms with van der Waals surface area (Å²) in [6, 6.07) is 5.25. The summed E-state index contributed by atoms with van der Waals surface area (Å²) < 4.78 is 41.9. The fourth-order valence-corrected chi connectivity index (χ4v) is 9.54. The van der Waals surface area contributed by atoms with Gasteiger partial charge in [-0.1, -0.05) is 50.4 Å². The number of esters is 1. The van der Waals surface area contributed by atoms with Crippen molar-refractivity contribution < 1.29 is 46.4 Å². The summed E-state index contributed by atoms with van der Waals surface area (Å²) in [4.78, 5) is 51.5. The lowest BCUT2D eigenvalue weighted by Gasteiger charge is -2.59. The molecule has 0 amide bonds. The van der Waals surface area contributed by atoms with Crippen LogP contribution in [-0.2, 0) is 38.2 Å². The Labute approximate surface area is 268 Å². The lowest BCUT2D eigenvalue weighted by atomic mass is 9.46. The molecule has 1 unspecified atom stereocenters. The maximum Gasteiger partial charge on any atom is 0.517 e. The molecule has 0 bridgehead atoms. The Kier molecular flexibility index (Phi) is 9.22. The van der Waals surface area contributed by atoms with Gasteiger partial charge in [-0.2, -0.15) is 8.42 Å². The predicted octanol–water partition coefficient (Wildman–Crippen LogP) is 5.50. The summed E-state index contributed by atoms with van der Waals surface area (Å²) in [5, 5.41) is 12.1. The molecule has 1 aromatic rings. The lowest BCUT2D eigenvalue weighted by Crippen LogP contribution is -2.63. The number of allylic oxidation sites excluding steroid dienone is 4. The summed E-state index contributed by atoms with van der Waals surface area (Å²) in [6.45, 7) is 4.73. The molecule has 3 fully saturated rings. The van der Waals surface area contributed by atoms with Crippen molar-refractivity contribution >= 4 is 45.4 Å². The average molecular weight is 663 g/mol. The number of Topliss-reactive ketones (excluding diaryl/α,β-unsaturated/α-hetero) is 1. The number of fused-ring (bicyclic) bond motifs is 5. The maximum atomic E-state index is 14.2. The van der Waals surface area contributed by atoms with Crippen LogP contribution in [0.15, 0.2) is 53.0 Å². The van der Waals surface area contributed by atoms with E-state index < -0.39 is 57.2 Å². The largest absolute Gasteiger partial charge is 0.517 e. The first kappa shape index (κ1) is 33.5. The zero-order chi connectivity index (χ0) is 32.8. The minimum Gasteiger partial charge on any atom is -0.419 e. The van der Waals surface area contributed by atoms with Gasteiger partial charge in [-0.25, -0.2) is 4.79 Å². The summed E-state index contributed by atoms with van der Waals surface area (Å²) in [7, 11) is -4.39. The molecule has 0 spiro atoms. The molecule has 3 saturated carbocycles. The topological polar surface area (TPSA) is 150 Å². The fraction of sp³-hybridized carbons (Fsp3) is 0.576. The highest BCUT2D eigenvalue weighted by atomic mass is 35.5. The van der Waals surface area contributed by atoms with Crippen molar-refractivity contribution in [2.45, 2.75) is 88.7 Å². The molecule has 12 heteroatoms. The third-order valence-electron chi connectivity index (χ3n) is 10.7. The van der Waals surface area contributed by atoms with Crippen molar-refractivity contribution in [3.05, 3.63) is 53.1 Å². The Balaban J connectivity index is 1.46. The van der Waals surface area contributed by atoms with E-state index >= 15 is 0 Å². The van der Waals surface area contributed by atoms with Gasteiger partial charge in [0.2, 0.25) is 5.78 Å². The molecule has 0 heterocycles. The number of carbonyl (C=O) groups excluding carboxylic acids is 4. The van der Waals surface area contributed by atoms with Crippen LogP contribution >= 0.6 is 11.6 Å². The number of rotatable bonds is 9. The van der Waals surface area contributed by atoms with Crippen molar-refractivity contribution in [2.24, 2.45) is 28.6 Å². The summed E-state index contributed by atoms with van der Waals surface area (Å²) in [6.07, 6.45) is 5.73. The SMILES string of the molecule is CCCCC(=O)OC(=O)O[C@]1(C(=O)COS(=O)(=O)c2ccc(Cl)cc2)CC[C@H]2[C@@H]3CCC4=CC(=O)C=C[C@]4(C)[C@H]3C(O)C[C@@]21C. The van der Waals surface area contributed by atoms with E-state index in [-0.39, 0.29) is 47.7 Å². The number of carbonyl (C=O) groups is 4. The predicted molar refractivity (Wildman–Crippen MR) is 162 cm³/mol. The van der Waals surface area contributed by atoms with Crippen LogP contribution in [0.4, 0.5) is 4.79 Å². The van der Waals surface area contributed by atoms with E-state index in [4.69, 9.17) is 25.3 Å². The van der Waals surface area contributed by atoms with E-state index in [2.05, 4.69) is 0 Å². The molecule has 4 aliphatic carbocycles. The second-order valence-corrected chi connectivity index (χ2v) is 15.2. The third-order valence-corrected chi connectivity index (χ3v) is 12.2. The number of aliphatic hydroxyl groups excluding tert-OH is 1. The number of benzene rings is 1. The number of hydrogen-bond acceptors (Lipinski definition) is 10. The normalized spacial score (nSPS) is 33.8. The Morgan fingerprint density at radius 1 is 1.11 bits per heavy atom. The number of aliphatic hydroxyl groups is 1. The molecule has 45 heavy (non-hydrogen) atoms. The van der Waals surface area contributed by atoms with Gasteiger partial charge in [0.1, 0.15) is 6.61 Å². The molecular weight excluding hydrogens is 624 g/mol. The number of halogens is 1. The molecule has 1 N–H and O–H groups in total. The zero-order valence-corrected chi connectivity index (χ0v) is 27.2. The van der Waals surface area contributed by atoms with Crippen LogP contribution < -0.4 is 0 Å². The lowest BCUT2D eigenvalue weighted by molar-refractivity contribution is -0.184. The van der Waals surface area contributed by atoms with Crippen LogP contribution in [0.5, 0.6) is 0 Å². The Morgan fingerprint density at radius 3 is 2.51 bits per heavy atom. The van der Waals surface area contributed by atoms with Gasteiger partial charge in [0, 0.05) is 28.2 Å². The number of hydrogen-bond donors (Lipinski definition) is 1. The molecule has 7 atom stereocenters. The minimum atomic E-state index is -4.39. The van der Waals surface area contributed by atoms with Gasteiger partial charge in [-0.3, -0.25) is 18.6 Å². The van der Waals surface area contributed by atoms with E-state index in [1.54, 1.807) is 13.0 Å². The van der Waals surface area contributed by atoms with Crippen LogP contribution in [0.3, 0.4) is 0 Å². The second kappa shape index (κ2) is 12.4. The van der Waals surface area contributed by atoms with E-state index in [1.807, 2.05) is 19.9 Å². The van der Waals surface area contributed by atoms with Gasteiger partial charge in [-0.05, 0) is 86.8 Å². The third kappa shape index (κ3) is 5.92. The van der Waals surface area contributed by atoms with Crippen molar-refractivity contribution in [3.63, 3.8) is 0 Å². The summed E-state index contributed by atoms with van der Waals surface area (Å²) in [5.74, 6) is -2.26. The summed E-state index contributed by atoms with van der Waals surface area (Å²) in [5.41, 5.74) is -2.68. The molecule has 0 aliphatic heterocycles. The standard InChI is InChI=1S/C33H39ClO10S/c1-4-5-6-28(38)43-30(39)44-33(27(37)19-42-45(40,41)23-10-8-21(34)9-11-23)16-14-25-24-12-7-20-17-22(35)13-15-31(20,2)29(24)26(36)18-32(25,33)3/h8-11,13,15,17,24-26,29,36H,4-7,12,14,16,18-19H2,1-3H3/t24-,25-,26?,29+,31-,32-,33-/m0/s1. The Hall–Kier alpha value is -2.86. The molecule has 0 radical (unpaired) electrons. The highest BCUT2D eigenvalue weighted by molar-refractivity contribution is 7.86. The van der Waals surface area contributed by atoms with Gasteiger partial charge in [0.25, 0.3) is 10.1 Å². The molecule has 10 nitrogen and oxygen atoms in total. The Morgan fingerprint density at radius 2 is 1.82 bits per heavy atom. The molecule has 244 valence electrons. The quantitative estimate of drug-likeness (QED) is 0.204. The van der Waals surface area contributed by atoms with E-state index in [0.29, 0.717) is 37.1 Å². The fourth-order valence-electron chi connectivity index (χ4n) is 8.54. The van der Waals surface area contributed by atoms with Crippen LogP contribution in [-0.4, -0.2) is 55.5 Å². The Bertz CT molecular complexity index is 1550. The van der Waals surface area contributed by atoms with Gasteiger partial charge in [0.15, 0.2) is 11.4 Å². The van der Waals surface area contributed by atoms with Crippen molar-refractivity contribution in [2.75, 3.05) is 6.61 Å². The highest BCUT2D eigenvalue weighted by Crippen LogP contribution is 2.68. The van der Waals surface area contributed by atoms with Crippen LogP contribution in [0, 0.1) is 28.6 Å². The van der Waals surface area contributed by atoms with E-state index in [0.717, 1.165) is 5.57 Å². The average Bonchev–Trinajstić information content (AvgIpc) is 3.27. The molecule has 0 aromatic heterocycles. The first-order chi connectivity index (χ1) is 21.2. The van der Waals surface area contributed by atoms with E-state index in [9.17, 15) is 32.7 Å². The first-order valence-corrected chi connectivity index (χ1v) is 17.2.